The highest BCUT2D eigenvalue weighted by atomic mass is 19.1. The summed E-state index contributed by atoms with van der Waals surface area (Å²) in [6.45, 7) is 3.91. The summed E-state index contributed by atoms with van der Waals surface area (Å²) in [6.07, 6.45) is 1.45. The molecule has 9 heavy (non-hydrogen) atoms. The largest absolute Gasteiger partial charge is 0.328 e. The minimum atomic E-state index is -0.284. The molecule has 0 aliphatic heterocycles. The van der Waals surface area contributed by atoms with Crippen molar-refractivity contribution < 1.29 is 4.39 Å². The van der Waals surface area contributed by atoms with Gasteiger partial charge in [0, 0.05) is 6.04 Å². The van der Waals surface area contributed by atoms with Crippen LogP contribution in [0.15, 0.2) is 0 Å². The van der Waals surface area contributed by atoms with Crippen LogP contribution < -0.4 is 5.73 Å². The molecule has 1 unspecified atom stereocenters. The van der Waals surface area contributed by atoms with E-state index in [1.54, 1.807) is 0 Å². The zero-order chi connectivity index (χ0) is 7.28. The zero-order valence-corrected chi connectivity index (χ0v) is 6.23. The molecular formula is C7H16FN. The summed E-state index contributed by atoms with van der Waals surface area (Å²) in [4.78, 5) is 0. The summed E-state index contributed by atoms with van der Waals surface area (Å²) in [6, 6.07) is 0.0648. The van der Waals surface area contributed by atoms with Crippen LogP contribution in [0.3, 0.4) is 0 Å². The third-order valence-electron chi connectivity index (χ3n) is 1.25. The first-order valence-corrected chi connectivity index (χ1v) is 3.48. The molecule has 0 amide bonds. The molecule has 0 bridgehead atoms. The molecule has 56 valence electrons. The molecule has 0 fully saturated rings. The fourth-order valence-corrected chi connectivity index (χ4v) is 0.863. The molecule has 0 radical (unpaired) electrons. The van der Waals surface area contributed by atoms with Crippen LogP contribution in [-0.4, -0.2) is 12.7 Å². The van der Waals surface area contributed by atoms with E-state index in [2.05, 4.69) is 13.8 Å². The Balaban J connectivity index is 3.15. The summed E-state index contributed by atoms with van der Waals surface area (Å²) >= 11 is 0. The molecule has 0 aliphatic carbocycles. The maximum atomic E-state index is 11.6. The molecule has 0 aromatic heterocycles. The van der Waals surface area contributed by atoms with Crippen LogP contribution in [0.4, 0.5) is 4.39 Å². The highest BCUT2D eigenvalue weighted by Gasteiger charge is 2.03. The van der Waals surface area contributed by atoms with Gasteiger partial charge in [-0.2, -0.15) is 0 Å². The first-order chi connectivity index (χ1) is 4.16. The van der Waals surface area contributed by atoms with E-state index in [1.807, 2.05) is 0 Å². The molecule has 0 heterocycles. The van der Waals surface area contributed by atoms with E-state index >= 15 is 0 Å². The maximum absolute atomic E-state index is 11.6. The number of alkyl halides is 1. The van der Waals surface area contributed by atoms with Gasteiger partial charge in [-0.3, -0.25) is 4.39 Å². The Kier molecular flexibility index (Phi) is 4.68. The number of rotatable bonds is 4. The topological polar surface area (TPSA) is 26.0 Å². The SMILES string of the molecule is CC(C)CC(N)CCF. The molecule has 0 spiro atoms. The van der Waals surface area contributed by atoms with Gasteiger partial charge in [-0.25, -0.2) is 0 Å². The Bertz CT molecular complexity index is 63.9. The van der Waals surface area contributed by atoms with Crippen LogP contribution in [-0.2, 0) is 0 Å². The van der Waals surface area contributed by atoms with Crippen molar-refractivity contribution in [3.63, 3.8) is 0 Å². The maximum Gasteiger partial charge on any atom is 0.0909 e. The van der Waals surface area contributed by atoms with Crippen LogP contribution in [0, 0.1) is 5.92 Å². The van der Waals surface area contributed by atoms with Gasteiger partial charge in [0.2, 0.25) is 0 Å². The predicted octanol–water partition coefficient (Wildman–Crippen LogP) is 1.72. The summed E-state index contributed by atoms with van der Waals surface area (Å²) < 4.78 is 11.6. The third kappa shape index (κ3) is 5.77. The van der Waals surface area contributed by atoms with Crippen molar-refractivity contribution in [1.82, 2.24) is 0 Å². The monoisotopic (exact) mass is 133 g/mol. The lowest BCUT2D eigenvalue weighted by Gasteiger charge is -2.10. The predicted molar refractivity (Wildman–Crippen MR) is 38.0 cm³/mol. The Hall–Kier alpha value is -0.110. The fraction of sp³-hybridized carbons (Fsp3) is 1.00. The van der Waals surface area contributed by atoms with Gasteiger partial charge in [0.05, 0.1) is 6.67 Å². The molecule has 0 aromatic carbocycles. The summed E-state index contributed by atoms with van der Waals surface area (Å²) in [5, 5.41) is 0. The van der Waals surface area contributed by atoms with E-state index in [-0.39, 0.29) is 12.7 Å². The van der Waals surface area contributed by atoms with Gasteiger partial charge in [0.15, 0.2) is 0 Å². The van der Waals surface area contributed by atoms with E-state index in [4.69, 9.17) is 5.73 Å². The van der Waals surface area contributed by atoms with Crippen molar-refractivity contribution in [2.45, 2.75) is 32.7 Å². The normalized spacial score (nSPS) is 14.3. The number of nitrogens with two attached hydrogens (primary N) is 1. The fourth-order valence-electron chi connectivity index (χ4n) is 0.863. The molecule has 0 saturated heterocycles. The van der Waals surface area contributed by atoms with Gasteiger partial charge in [-0.15, -0.1) is 0 Å². The molecule has 1 nitrogen and oxygen atoms in total. The van der Waals surface area contributed by atoms with E-state index in [0.29, 0.717) is 12.3 Å². The minimum absolute atomic E-state index is 0.0648. The van der Waals surface area contributed by atoms with Gasteiger partial charge in [0.25, 0.3) is 0 Å². The minimum Gasteiger partial charge on any atom is -0.328 e. The van der Waals surface area contributed by atoms with Crippen LogP contribution >= 0.6 is 0 Å². The Morgan fingerprint density at radius 1 is 1.44 bits per heavy atom. The van der Waals surface area contributed by atoms with Crippen LogP contribution in [0.2, 0.25) is 0 Å². The van der Waals surface area contributed by atoms with Crippen molar-refractivity contribution in [3.8, 4) is 0 Å². The lowest BCUT2D eigenvalue weighted by molar-refractivity contribution is 0.399. The standard InChI is InChI=1S/C7H16FN/c1-6(2)5-7(9)3-4-8/h6-7H,3-5,9H2,1-2H3. The van der Waals surface area contributed by atoms with Gasteiger partial charge < -0.3 is 5.73 Å². The first-order valence-electron chi connectivity index (χ1n) is 3.48. The van der Waals surface area contributed by atoms with E-state index in [1.165, 1.54) is 0 Å². The molecule has 0 aromatic rings. The molecule has 0 saturated carbocycles. The molecule has 2 heteroatoms. The Labute approximate surface area is 56.4 Å². The smallest absolute Gasteiger partial charge is 0.0909 e. The van der Waals surface area contributed by atoms with Crippen molar-refractivity contribution in [2.75, 3.05) is 6.67 Å². The number of hydrogen-bond donors (Lipinski definition) is 1. The Morgan fingerprint density at radius 2 is 2.00 bits per heavy atom. The second-order valence-corrected chi connectivity index (χ2v) is 2.87. The van der Waals surface area contributed by atoms with Crippen LogP contribution in [0.5, 0.6) is 0 Å². The van der Waals surface area contributed by atoms with Gasteiger partial charge in [0.1, 0.15) is 0 Å². The van der Waals surface area contributed by atoms with E-state index in [9.17, 15) is 4.39 Å². The lowest BCUT2D eigenvalue weighted by Crippen LogP contribution is -2.22. The average molecular weight is 133 g/mol. The second-order valence-electron chi connectivity index (χ2n) is 2.87. The molecule has 0 aliphatic rings. The lowest BCUT2D eigenvalue weighted by atomic mass is 10.0. The number of hydrogen-bond acceptors (Lipinski definition) is 1. The summed E-state index contributed by atoms with van der Waals surface area (Å²) in [5.74, 6) is 0.589. The summed E-state index contributed by atoms with van der Waals surface area (Å²) in [7, 11) is 0. The molecule has 2 N–H and O–H groups in total. The highest BCUT2D eigenvalue weighted by Crippen LogP contribution is 2.04. The van der Waals surface area contributed by atoms with Gasteiger partial charge in [-0.1, -0.05) is 13.8 Å². The van der Waals surface area contributed by atoms with Crippen molar-refractivity contribution in [2.24, 2.45) is 11.7 Å². The highest BCUT2D eigenvalue weighted by molar-refractivity contribution is 4.61. The Morgan fingerprint density at radius 3 is 2.33 bits per heavy atom. The zero-order valence-electron chi connectivity index (χ0n) is 6.23. The first kappa shape index (κ1) is 8.89. The molecule has 1 atom stereocenters. The molecular weight excluding hydrogens is 117 g/mol. The second kappa shape index (κ2) is 4.74. The third-order valence-corrected chi connectivity index (χ3v) is 1.25. The van der Waals surface area contributed by atoms with Crippen LogP contribution in [0.25, 0.3) is 0 Å². The molecule has 0 rings (SSSR count). The quantitative estimate of drug-likeness (QED) is 0.621. The van der Waals surface area contributed by atoms with Gasteiger partial charge in [-0.05, 0) is 18.8 Å². The van der Waals surface area contributed by atoms with Crippen LogP contribution in [0.1, 0.15) is 26.7 Å². The summed E-state index contributed by atoms with van der Waals surface area (Å²) in [5.41, 5.74) is 5.55. The average Bonchev–Trinajstić information content (AvgIpc) is 1.63. The van der Waals surface area contributed by atoms with Crippen molar-refractivity contribution in [3.05, 3.63) is 0 Å². The van der Waals surface area contributed by atoms with Gasteiger partial charge >= 0.3 is 0 Å². The van der Waals surface area contributed by atoms with E-state index in [0.717, 1.165) is 6.42 Å². The number of halogens is 1. The van der Waals surface area contributed by atoms with Crippen molar-refractivity contribution in [1.29, 1.82) is 0 Å². The van der Waals surface area contributed by atoms with E-state index < -0.39 is 0 Å². The van der Waals surface area contributed by atoms with Crippen molar-refractivity contribution >= 4 is 0 Å².